The molecule has 0 aliphatic rings. The number of carbonyl (C=O) groups is 1. The molecule has 0 atom stereocenters. The maximum absolute atomic E-state index is 13.7. The zero-order valence-electron chi connectivity index (χ0n) is 18.9. The summed E-state index contributed by atoms with van der Waals surface area (Å²) in [5.41, 5.74) is 4.48. The molecule has 5 aromatic rings. The molecule has 0 saturated heterocycles. The quantitative estimate of drug-likeness (QED) is 0.266. The molecule has 3 heterocycles. The van der Waals surface area contributed by atoms with Gasteiger partial charge < -0.3 is 4.98 Å². The van der Waals surface area contributed by atoms with E-state index in [0.717, 1.165) is 39.1 Å². The Labute approximate surface area is 203 Å². The molecule has 172 valence electrons. The topological polar surface area (TPSA) is 106 Å². The first-order chi connectivity index (χ1) is 16.5. The van der Waals surface area contributed by atoms with Crippen molar-refractivity contribution in [2.24, 2.45) is 0 Å². The van der Waals surface area contributed by atoms with Gasteiger partial charge in [0.15, 0.2) is 5.16 Å². The molecule has 5 rings (SSSR count). The van der Waals surface area contributed by atoms with E-state index in [2.05, 4.69) is 20.5 Å². The number of carbonyl (C=O) groups excluding carboxylic acids is 1. The van der Waals surface area contributed by atoms with Gasteiger partial charge in [0.05, 0.1) is 11.4 Å². The predicted molar refractivity (Wildman–Crippen MR) is 137 cm³/mol. The molecule has 34 heavy (non-hydrogen) atoms. The molecule has 2 aromatic carbocycles. The number of aryl methyl sites for hydroxylation is 2. The molecule has 0 unspecified atom stereocenters. The zero-order chi connectivity index (χ0) is 23.8. The van der Waals surface area contributed by atoms with Gasteiger partial charge in [0.1, 0.15) is 16.0 Å². The predicted octanol–water partition coefficient (Wildman–Crippen LogP) is 4.63. The highest BCUT2D eigenvalue weighted by atomic mass is 32.2. The van der Waals surface area contributed by atoms with Gasteiger partial charge in [-0.25, -0.2) is 4.98 Å². The standard InChI is InChI=1S/C24H22N6O2S2/c1-4-19-28-29-23(34-19)26-18(31)12-33-24-27-20-15-9-5-6-10-16(15)25-21(20)22(32)30(24)17-11-7-8-13(2)14(17)3/h5-11,25H,4,12H2,1-3H3,(H,26,29,31). The first kappa shape index (κ1) is 22.3. The van der Waals surface area contributed by atoms with Crippen LogP contribution >= 0.6 is 23.1 Å². The highest BCUT2D eigenvalue weighted by molar-refractivity contribution is 7.99. The molecule has 0 saturated carbocycles. The van der Waals surface area contributed by atoms with E-state index in [1.165, 1.54) is 23.1 Å². The van der Waals surface area contributed by atoms with Crippen LogP contribution in [0.25, 0.3) is 27.6 Å². The minimum absolute atomic E-state index is 0.0756. The van der Waals surface area contributed by atoms with Crippen LogP contribution in [0.3, 0.4) is 0 Å². The van der Waals surface area contributed by atoms with Gasteiger partial charge >= 0.3 is 0 Å². The zero-order valence-corrected chi connectivity index (χ0v) is 20.5. The summed E-state index contributed by atoms with van der Waals surface area (Å²) >= 11 is 2.57. The van der Waals surface area contributed by atoms with E-state index in [0.29, 0.717) is 21.3 Å². The first-order valence-corrected chi connectivity index (χ1v) is 12.6. The van der Waals surface area contributed by atoms with Crippen LogP contribution in [0.1, 0.15) is 23.1 Å². The number of fused-ring (bicyclic) bond motifs is 3. The Morgan fingerprint density at radius 3 is 2.76 bits per heavy atom. The number of hydrogen-bond donors (Lipinski definition) is 2. The number of benzene rings is 2. The van der Waals surface area contributed by atoms with E-state index in [4.69, 9.17) is 4.98 Å². The van der Waals surface area contributed by atoms with Crippen LogP contribution < -0.4 is 10.9 Å². The first-order valence-electron chi connectivity index (χ1n) is 10.8. The Morgan fingerprint density at radius 1 is 1.15 bits per heavy atom. The minimum Gasteiger partial charge on any atom is -0.349 e. The summed E-state index contributed by atoms with van der Waals surface area (Å²) in [6, 6.07) is 13.5. The van der Waals surface area contributed by atoms with Crippen molar-refractivity contribution in [3.05, 3.63) is 69.0 Å². The summed E-state index contributed by atoms with van der Waals surface area (Å²) in [4.78, 5) is 34.4. The highest BCUT2D eigenvalue weighted by Crippen LogP contribution is 2.28. The SMILES string of the molecule is CCc1nnc(NC(=O)CSc2nc3c([nH]c4ccccc43)c(=O)n2-c2cccc(C)c2C)s1. The third-order valence-corrected chi connectivity index (χ3v) is 7.58. The second kappa shape index (κ2) is 9.03. The number of para-hydroxylation sites is 1. The molecule has 0 radical (unpaired) electrons. The summed E-state index contributed by atoms with van der Waals surface area (Å²) in [7, 11) is 0. The lowest BCUT2D eigenvalue weighted by atomic mass is 10.1. The van der Waals surface area contributed by atoms with Crippen LogP contribution in [0.2, 0.25) is 0 Å². The third-order valence-electron chi connectivity index (χ3n) is 5.66. The van der Waals surface area contributed by atoms with Crippen molar-refractivity contribution in [1.29, 1.82) is 0 Å². The van der Waals surface area contributed by atoms with Crippen LogP contribution in [0.15, 0.2) is 52.4 Å². The minimum atomic E-state index is -0.232. The maximum atomic E-state index is 13.7. The Kier molecular flexibility index (Phi) is 5.93. The largest absolute Gasteiger partial charge is 0.349 e. The summed E-state index contributed by atoms with van der Waals surface area (Å²) in [6.07, 6.45) is 0.763. The molecular weight excluding hydrogens is 468 g/mol. The Balaban J connectivity index is 1.58. The fourth-order valence-electron chi connectivity index (χ4n) is 3.76. The number of nitrogens with one attached hydrogen (secondary N) is 2. The van der Waals surface area contributed by atoms with Gasteiger partial charge in [-0.2, -0.15) is 0 Å². The monoisotopic (exact) mass is 490 g/mol. The lowest BCUT2D eigenvalue weighted by Gasteiger charge is -2.15. The third kappa shape index (κ3) is 3.99. The Bertz CT molecular complexity index is 1600. The summed E-state index contributed by atoms with van der Waals surface area (Å²) < 4.78 is 1.60. The molecule has 8 nitrogen and oxygen atoms in total. The molecule has 3 aromatic heterocycles. The van der Waals surface area contributed by atoms with Crippen LogP contribution in [0.4, 0.5) is 5.13 Å². The van der Waals surface area contributed by atoms with Crippen molar-refractivity contribution in [3.63, 3.8) is 0 Å². The van der Waals surface area contributed by atoms with E-state index < -0.39 is 0 Å². The van der Waals surface area contributed by atoms with Crippen LogP contribution in [0, 0.1) is 13.8 Å². The van der Waals surface area contributed by atoms with Gasteiger partial charge in [-0.1, -0.05) is 60.4 Å². The molecule has 0 spiro atoms. The van der Waals surface area contributed by atoms with E-state index in [-0.39, 0.29) is 17.2 Å². The molecular formula is C24H22N6O2S2. The number of hydrogen-bond acceptors (Lipinski definition) is 7. The number of thioether (sulfide) groups is 1. The molecule has 0 bridgehead atoms. The average molecular weight is 491 g/mol. The molecule has 1 amide bonds. The normalized spacial score (nSPS) is 11.4. The number of anilines is 1. The van der Waals surface area contributed by atoms with E-state index in [1.807, 2.05) is 63.2 Å². The second-order valence-electron chi connectivity index (χ2n) is 7.84. The van der Waals surface area contributed by atoms with Crippen molar-refractivity contribution >= 4 is 56.1 Å². The van der Waals surface area contributed by atoms with Gasteiger partial charge in [0, 0.05) is 10.9 Å². The number of H-pyrrole nitrogens is 1. The van der Waals surface area contributed by atoms with Crippen LogP contribution in [-0.4, -0.2) is 36.4 Å². The number of rotatable bonds is 6. The molecule has 0 fully saturated rings. The Morgan fingerprint density at radius 2 is 1.97 bits per heavy atom. The lowest BCUT2D eigenvalue weighted by Crippen LogP contribution is -2.23. The fraction of sp³-hybridized carbons (Fsp3) is 0.208. The molecule has 0 aliphatic carbocycles. The summed E-state index contributed by atoms with van der Waals surface area (Å²) in [5, 5.41) is 13.5. The van der Waals surface area contributed by atoms with Crippen molar-refractivity contribution in [3.8, 4) is 5.69 Å². The summed E-state index contributed by atoms with van der Waals surface area (Å²) in [5.74, 6) is -0.156. The fourth-order valence-corrected chi connectivity index (χ4v) is 5.26. The smallest absolute Gasteiger partial charge is 0.283 e. The summed E-state index contributed by atoms with van der Waals surface area (Å²) in [6.45, 7) is 5.97. The van der Waals surface area contributed by atoms with Gasteiger partial charge in [-0.15, -0.1) is 10.2 Å². The molecule has 10 heteroatoms. The van der Waals surface area contributed by atoms with Crippen molar-refractivity contribution in [2.75, 3.05) is 11.1 Å². The van der Waals surface area contributed by atoms with Crippen LogP contribution in [-0.2, 0) is 11.2 Å². The van der Waals surface area contributed by atoms with Gasteiger partial charge in [0.2, 0.25) is 11.0 Å². The second-order valence-corrected chi connectivity index (χ2v) is 9.84. The van der Waals surface area contributed by atoms with Crippen LogP contribution in [0.5, 0.6) is 0 Å². The van der Waals surface area contributed by atoms with E-state index in [1.54, 1.807) is 4.57 Å². The van der Waals surface area contributed by atoms with E-state index >= 15 is 0 Å². The number of nitrogens with zero attached hydrogens (tertiary/aromatic N) is 4. The van der Waals surface area contributed by atoms with Gasteiger partial charge in [-0.05, 0) is 43.5 Å². The number of amides is 1. The van der Waals surface area contributed by atoms with E-state index in [9.17, 15) is 9.59 Å². The van der Waals surface area contributed by atoms with Gasteiger partial charge in [-0.3, -0.25) is 19.5 Å². The number of aromatic nitrogens is 5. The van der Waals surface area contributed by atoms with Crippen molar-refractivity contribution in [2.45, 2.75) is 32.3 Å². The lowest BCUT2D eigenvalue weighted by molar-refractivity contribution is -0.113. The number of aromatic amines is 1. The molecule has 0 aliphatic heterocycles. The van der Waals surface area contributed by atoms with Crippen molar-refractivity contribution in [1.82, 2.24) is 24.7 Å². The Hall–Kier alpha value is -3.50. The average Bonchev–Trinajstić information content (AvgIpc) is 3.44. The maximum Gasteiger partial charge on any atom is 0.283 e. The van der Waals surface area contributed by atoms with Crippen molar-refractivity contribution < 1.29 is 4.79 Å². The van der Waals surface area contributed by atoms with Gasteiger partial charge in [0.25, 0.3) is 5.56 Å². The molecule has 2 N–H and O–H groups in total. The highest BCUT2D eigenvalue weighted by Gasteiger charge is 2.19.